The Kier molecular flexibility index (Phi) is 3.53. The van der Waals surface area contributed by atoms with Crippen LogP contribution in [-0.4, -0.2) is 23.8 Å². The van der Waals surface area contributed by atoms with E-state index in [4.69, 9.17) is 10.2 Å². The summed E-state index contributed by atoms with van der Waals surface area (Å²) < 4.78 is 10.0. The second-order valence-corrected chi connectivity index (χ2v) is 4.36. The Morgan fingerprint density at radius 1 is 1.59 bits per heavy atom. The maximum Gasteiger partial charge on any atom is 0.315 e. The molecule has 1 aromatic carbocycles. The van der Waals surface area contributed by atoms with Gasteiger partial charge in [-0.2, -0.15) is 0 Å². The zero-order valence-corrected chi connectivity index (χ0v) is 10.1. The second kappa shape index (κ2) is 5.09. The third-order valence-electron chi connectivity index (χ3n) is 2.17. The largest absolute Gasteiger partial charge is 0.468 e. The van der Waals surface area contributed by atoms with Crippen molar-refractivity contribution >= 4 is 34.5 Å². The minimum absolute atomic E-state index is 0.259. The number of rotatable bonds is 4. The van der Waals surface area contributed by atoms with Crippen LogP contribution < -0.4 is 5.73 Å². The number of hydrogen-bond donors (Lipinski definition) is 1. The lowest BCUT2D eigenvalue weighted by Gasteiger charge is -1.96. The second-order valence-electron chi connectivity index (χ2n) is 3.37. The summed E-state index contributed by atoms with van der Waals surface area (Å²) in [5.41, 5.74) is 7.69. The topological polar surface area (TPSA) is 78.3 Å². The summed E-state index contributed by atoms with van der Waals surface area (Å²) in [5.74, 6) is 1.10. The lowest BCUT2D eigenvalue weighted by Crippen LogP contribution is -2.03. The number of esters is 1. The first-order valence-electron chi connectivity index (χ1n) is 4.99. The average molecular weight is 252 g/mol. The van der Waals surface area contributed by atoms with Crippen LogP contribution in [0, 0.1) is 0 Å². The highest BCUT2D eigenvalue weighted by Crippen LogP contribution is 2.23. The van der Waals surface area contributed by atoms with E-state index < -0.39 is 0 Å². The fourth-order valence-corrected chi connectivity index (χ4v) is 2.04. The van der Waals surface area contributed by atoms with E-state index in [1.54, 1.807) is 6.07 Å². The standard InChI is InChI=1S/C11H12N2O3S/c1-15-10(14)6-17-5-9-13-11-7(12)3-2-4-8(11)16-9/h2-4H,5-6,12H2,1H3. The van der Waals surface area contributed by atoms with Crippen molar-refractivity contribution in [2.24, 2.45) is 0 Å². The van der Waals surface area contributed by atoms with Crippen molar-refractivity contribution in [3.63, 3.8) is 0 Å². The Hall–Kier alpha value is -1.69. The van der Waals surface area contributed by atoms with Crippen molar-refractivity contribution < 1.29 is 13.9 Å². The molecule has 0 amide bonds. The summed E-state index contributed by atoms with van der Waals surface area (Å²) in [6, 6.07) is 5.40. The first kappa shape index (κ1) is 11.8. The number of nitrogens with zero attached hydrogens (tertiary/aromatic N) is 1. The Labute approximate surface area is 102 Å². The molecule has 2 rings (SSSR count). The van der Waals surface area contributed by atoms with E-state index in [0.717, 1.165) is 0 Å². The molecule has 17 heavy (non-hydrogen) atoms. The summed E-state index contributed by atoms with van der Waals surface area (Å²) >= 11 is 1.39. The maximum atomic E-state index is 10.9. The molecule has 5 nitrogen and oxygen atoms in total. The number of oxazole rings is 1. The molecule has 0 saturated carbocycles. The van der Waals surface area contributed by atoms with Crippen molar-refractivity contribution in [2.45, 2.75) is 5.75 Å². The molecule has 90 valence electrons. The fourth-order valence-electron chi connectivity index (χ4n) is 1.36. The highest BCUT2D eigenvalue weighted by atomic mass is 32.2. The zero-order chi connectivity index (χ0) is 12.3. The number of nitrogens with two attached hydrogens (primary N) is 1. The van der Waals surface area contributed by atoms with Gasteiger partial charge in [-0.15, -0.1) is 11.8 Å². The van der Waals surface area contributed by atoms with Crippen molar-refractivity contribution in [1.82, 2.24) is 4.98 Å². The van der Waals surface area contributed by atoms with Crippen LogP contribution in [0.3, 0.4) is 0 Å². The number of anilines is 1. The van der Waals surface area contributed by atoms with Gasteiger partial charge < -0.3 is 14.9 Å². The molecule has 0 saturated heterocycles. The van der Waals surface area contributed by atoms with E-state index in [9.17, 15) is 4.79 Å². The van der Waals surface area contributed by atoms with E-state index in [1.165, 1.54) is 18.9 Å². The molecule has 0 aliphatic heterocycles. The van der Waals surface area contributed by atoms with E-state index in [1.807, 2.05) is 12.1 Å². The van der Waals surface area contributed by atoms with Gasteiger partial charge in [0.25, 0.3) is 0 Å². The molecule has 2 aromatic rings. The van der Waals surface area contributed by atoms with Crippen molar-refractivity contribution in [1.29, 1.82) is 0 Å². The Morgan fingerprint density at radius 3 is 3.12 bits per heavy atom. The van der Waals surface area contributed by atoms with Crippen molar-refractivity contribution in [2.75, 3.05) is 18.6 Å². The van der Waals surface area contributed by atoms with Crippen molar-refractivity contribution in [3.8, 4) is 0 Å². The third kappa shape index (κ3) is 2.71. The molecule has 0 spiro atoms. The predicted molar refractivity (Wildman–Crippen MR) is 66.6 cm³/mol. The number of thioether (sulfide) groups is 1. The Bertz CT molecular complexity index is 538. The van der Waals surface area contributed by atoms with Gasteiger partial charge in [-0.25, -0.2) is 4.98 Å². The van der Waals surface area contributed by atoms with Crippen LogP contribution in [0.4, 0.5) is 5.69 Å². The first-order chi connectivity index (χ1) is 8.20. The molecule has 0 aliphatic rings. The molecular weight excluding hydrogens is 240 g/mol. The van der Waals surface area contributed by atoms with E-state index in [0.29, 0.717) is 28.4 Å². The molecule has 0 unspecified atom stereocenters. The van der Waals surface area contributed by atoms with Crippen LogP contribution in [0.2, 0.25) is 0 Å². The van der Waals surface area contributed by atoms with Crippen LogP contribution in [0.1, 0.15) is 5.89 Å². The van der Waals surface area contributed by atoms with Crippen LogP contribution in [-0.2, 0) is 15.3 Å². The number of aromatic nitrogens is 1. The maximum absolute atomic E-state index is 10.9. The minimum atomic E-state index is -0.259. The van der Waals surface area contributed by atoms with E-state index >= 15 is 0 Å². The summed E-state index contributed by atoms with van der Waals surface area (Å²) in [5, 5.41) is 0. The molecule has 0 radical (unpaired) electrons. The van der Waals surface area contributed by atoms with Crippen LogP contribution in [0.25, 0.3) is 11.1 Å². The number of carbonyl (C=O) groups is 1. The molecule has 0 atom stereocenters. The molecule has 1 heterocycles. The van der Waals surface area contributed by atoms with Gasteiger partial charge >= 0.3 is 5.97 Å². The summed E-state index contributed by atoms with van der Waals surface area (Å²) in [6.07, 6.45) is 0. The van der Waals surface area contributed by atoms with Crippen LogP contribution in [0.15, 0.2) is 22.6 Å². The van der Waals surface area contributed by atoms with Gasteiger partial charge in [0, 0.05) is 0 Å². The van der Waals surface area contributed by atoms with Crippen LogP contribution >= 0.6 is 11.8 Å². The molecule has 0 aliphatic carbocycles. The van der Waals surface area contributed by atoms with Gasteiger partial charge in [-0.3, -0.25) is 4.79 Å². The van der Waals surface area contributed by atoms with E-state index in [-0.39, 0.29) is 11.7 Å². The number of hydrogen-bond acceptors (Lipinski definition) is 6. The fraction of sp³-hybridized carbons (Fsp3) is 0.273. The Balaban J connectivity index is 2.05. The quantitative estimate of drug-likeness (QED) is 0.660. The third-order valence-corrected chi connectivity index (χ3v) is 3.06. The van der Waals surface area contributed by atoms with Gasteiger partial charge in [0.15, 0.2) is 5.58 Å². The SMILES string of the molecule is COC(=O)CSCc1nc2c(N)cccc2o1. The van der Waals surface area contributed by atoms with E-state index in [2.05, 4.69) is 9.72 Å². The summed E-state index contributed by atoms with van der Waals surface area (Å²) in [4.78, 5) is 15.2. The summed E-state index contributed by atoms with van der Waals surface area (Å²) in [6.45, 7) is 0. The predicted octanol–water partition coefficient (Wildman–Crippen LogP) is 1.82. The number of ether oxygens (including phenoxy) is 1. The number of benzene rings is 1. The number of nitrogen functional groups attached to an aromatic ring is 1. The molecular formula is C11H12N2O3S. The molecule has 0 fully saturated rings. The minimum Gasteiger partial charge on any atom is -0.468 e. The van der Waals surface area contributed by atoms with Crippen molar-refractivity contribution in [3.05, 3.63) is 24.1 Å². The lowest BCUT2D eigenvalue weighted by atomic mass is 10.3. The van der Waals surface area contributed by atoms with Crippen LogP contribution in [0.5, 0.6) is 0 Å². The monoisotopic (exact) mass is 252 g/mol. The van der Waals surface area contributed by atoms with Gasteiger partial charge in [0.2, 0.25) is 5.89 Å². The van der Waals surface area contributed by atoms with Gasteiger partial charge in [-0.05, 0) is 12.1 Å². The first-order valence-corrected chi connectivity index (χ1v) is 6.14. The summed E-state index contributed by atoms with van der Waals surface area (Å²) in [7, 11) is 1.36. The number of fused-ring (bicyclic) bond motifs is 1. The van der Waals surface area contributed by atoms with Gasteiger partial charge in [-0.1, -0.05) is 6.07 Å². The zero-order valence-electron chi connectivity index (χ0n) is 9.30. The average Bonchev–Trinajstić information content (AvgIpc) is 2.73. The normalized spacial score (nSPS) is 10.6. The lowest BCUT2D eigenvalue weighted by molar-refractivity contribution is -0.137. The van der Waals surface area contributed by atoms with Gasteiger partial charge in [0.05, 0.1) is 24.3 Å². The molecule has 1 aromatic heterocycles. The Morgan fingerprint density at radius 2 is 2.41 bits per heavy atom. The highest BCUT2D eigenvalue weighted by molar-refractivity contribution is 7.99. The number of methoxy groups -OCH3 is 1. The smallest absolute Gasteiger partial charge is 0.315 e. The molecule has 2 N–H and O–H groups in total. The number of carbonyl (C=O) groups excluding carboxylic acids is 1. The van der Waals surface area contributed by atoms with Gasteiger partial charge in [0.1, 0.15) is 5.52 Å². The highest BCUT2D eigenvalue weighted by Gasteiger charge is 2.09. The molecule has 0 bridgehead atoms. The number of para-hydroxylation sites is 1. The molecule has 6 heteroatoms.